The molecule has 0 saturated heterocycles. The number of phenolic OH excluding ortho intramolecular Hbond substituents is 1. The van der Waals surface area contributed by atoms with Crippen LogP contribution in [0.1, 0.15) is 6.42 Å². The molecule has 100 valence electrons. The summed E-state index contributed by atoms with van der Waals surface area (Å²) in [5.41, 5.74) is 0.0963. The number of aromatic hydroxyl groups is 1. The lowest BCUT2D eigenvalue weighted by Crippen LogP contribution is -2.18. The van der Waals surface area contributed by atoms with Crippen LogP contribution in [0, 0.1) is 0 Å². The molecule has 0 aromatic heterocycles. The standard InChI is InChI=1S/C11H16N2O4S/c1-12-6-5-11(15)13-9-7-8(18(2,16)17)3-4-10(9)14/h3-4,7,12,14H,5-6H2,1-2H3,(H,13,15). The lowest BCUT2D eigenvalue weighted by atomic mass is 10.3. The van der Waals surface area contributed by atoms with Crippen molar-refractivity contribution in [1.29, 1.82) is 0 Å². The molecule has 7 heteroatoms. The highest BCUT2D eigenvalue weighted by Crippen LogP contribution is 2.26. The van der Waals surface area contributed by atoms with E-state index in [0.29, 0.717) is 6.54 Å². The molecule has 0 aliphatic carbocycles. The maximum absolute atomic E-state index is 11.5. The van der Waals surface area contributed by atoms with Crippen molar-refractivity contribution in [2.45, 2.75) is 11.3 Å². The number of rotatable bonds is 5. The van der Waals surface area contributed by atoms with Gasteiger partial charge in [-0.2, -0.15) is 0 Å². The number of anilines is 1. The average Bonchev–Trinajstić information content (AvgIpc) is 2.28. The van der Waals surface area contributed by atoms with Gasteiger partial charge >= 0.3 is 0 Å². The first-order valence-corrected chi connectivity index (χ1v) is 7.21. The predicted molar refractivity (Wildman–Crippen MR) is 68.4 cm³/mol. The molecular formula is C11H16N2O4S. The van der Waals surface area contributed by atoms with Crippen LogP contribution in [0.15, 0.2) is 23.1 Å². The maximum atomic E-state index is 11.5. The quantitative estimate of drug-likeness (QED) is 0.672. The van der Waals surface area contributed by atoms with Crippen LogP contribution < -0.4 is 10.6 Å². The summed E-state index contributed by atoms with van der Waals surface area (Å²) in [5, 5.41) is 14.8. The van der Waals surface area contributed by atoms with E-state index in [4.69, 9.17) is 0 Å². The number of carbonyl (C=O) groups is 1. The van der Waals surface area contributed by atoms with Gasteiger partial charge in [0.25, 0.3) is 0 Å². The van der Waals surface area contributed by atoms with Crippen LogP contribution in [-0.2, 0) is 14.6 Å². The van der Waals surface area contributed by atoms with E-state index in [-0.39, 0.29) is 28.7 Å². The van der Waals surface area contributed by atoms with E-state index < -0.39 is 9.84 Å². The molecule has 1 amide bonds. The maximum Gasteiger partial charge on any atom is 0.225 e. The van der Waals surface area contributed by atoms with Gasteiger partial charge < -0.3 is 15.7 Å². The van der Waals surface area contributed by atoms with Crippen molar-refractivity contribution in [3.8, 4) is 5.75 Å². The van der Waals surface area contributed by atoms with E-state index in [1.54, 1.807) is 7.05 Å². The van der Waals surface area contributed by atoms with Crippen LogP contribution in [-0.4, -0.2) is 39.3 Å². The summed E-state index contributed by atoms with van der Waals surface area (Å²) in [6, 6.07) is 3.76. The number of phenols is 1. The van der Waals surface area contributed by atoms with Gasteiger partial charge in [0.2, 0.25) is 5.91 Å². The second kappa shape index (κ2) is 5.83. The number of benzene rings is 1. The lowest BCUT2D eigenvalue weighted by molar-refractivity contribution is -0.116. The number of nitrogens with one attached hydrogen (secondary N) is 2. The summed E-state index contributed by atoms with van der Waals surface area (Å²) in [6.45, 7) is 0.498. The van der Waals surface area contributed by atoms with Gasteiger partial charge in [0, 0.05) is 19.2 Å². The highest BCUT2D eigenvalue weighted by molar-refractivity contribution is 7.90. The molecule has 1 rings (SSSR count). The first kappa shape index (κ1) is 14.5. The van der Waals surface area contributed by atoms with Crippen molar-refractivity contribution < 1.29 is 18.3 Å². The molecule has 0 aliphatic rings. The van der Waals surface area contributed by atoms with Crippen LogP contribution in [0.5, 0.6) is 5.75 Å². The van der Waals surface area contributed by atoms with Crippen molar-refractivity contribution in [2.75, 3.05) is 25.2 Å². The van der Waals surface area contributed by atoms with Gasteiger partial charge in [0.05, 0.1) is 10.6 Å². The van der Waals surface area contributed by atoms with Crippen LogP contribution >= 0.6 is 0 Å². The SMILES string of the molecule is CNCCC(=O)Nc1cc(S(C)(=O)=O)ccc1O. The number of amides is 1. The Balaban J connectivity index is 2.92. The second-order valence-electron chi connectivity index (χ2n) is 3.85. The van der Waals surface area contributed by atoms with E-state index in [1.165, 1.54) is 18.2 Å². The Labute approximate surface area is 106 Å². The summed E-state index contributed by atoms with van der Waals surface area (Å²) in [7, 11) is -1.65. The Morgan fingerprint density at radius 2 is 2.06 bits per heavy atom. The van der Waals surface area contributed by atoms with Crippen LogP contribution in [0.3, 0.4) is 0 Å². The molecule has 1 aromatic rings. The molecule has 0 aliphatic heterocycles. The van der Waals surface area contributed by atoms with E-state index >= 15 is 0 Å². The number of hydrogen-bond acceptors (Lipinski definition) is 5. The van der Waals surface area contributed by atoms with Gasteiger partial charge in [0.15, 0.2) is 9.84 Å². The van der Waals surface area contributed by atoms with Crippen LogP contribution in [0.25, 0.3) is 0 Å². The molecule has 0 spiro atoms. The summed E-state index contributed by atoms with van der Waals surface area (Å²) < 4.78 is 22.7. The Morgan fingerprint density at radius 3 is 2.61 bits per heavy atom. The molecule has 0 radical (unpaired) electrons. The molecule has 0 fully saturated rings. The predicted octanol–water partition coefficient (Wildman–Crippen LogP) is 0.344. The second-order valence-corrected chi connectivity index (χ2v) is 5.87. The summed E-state index contributed by atoms with van der Waals surface area (Å²) in [6.07, 6.45) is 1.30. The fourth-order valence-electron chi connectivity index (χ4n) is 1.30. The molecule has 0 saturated carbocycles. The Bertz CT molecular complexity index is 540. The minimum atomic E-state index is -3.37. The van der Waals surface area contributed by atoms with Gasteiger partial charge in [-0.3, -0.25) is 4.79 Å². The highest BCUT2D eigenvalue weighted by atomic mass is 32.2. The summed E-state index contributed by atoms with van der Waals surface area (Å²) in [4.78, 5) is 11.5. The van der Waals surface area contributed by atoms with Crippen LogP contribution in [0.4, 0.5) is 5.69 Å². The van der Waals surface area contributed by atoms with Crippen molar-refractivity contribution in [3.05, 3.63) is 18.2 Å². The third-order valence-electron chi connectivity index (χ3n) is 2.27. The third kappa shape index (κ3) is 4.01. The van der Waals surface area contributed by atoms with Gasteiger partial charge in [-0.25, -0.2) is 8.42 Å². The first-order valence-electron chi connectivity index (χ1n) is 5.32. The molecular weight excluding hydrogens is 256 g/mol. The molecule has 0 bridgehead atoms. The number of hydrogen-bond donors (Lipinski definition) is 3. The highest BCUT2D eigenvalue weighted by Gasteiger charge is 2.12. The molecule has 0 unspecified atom stereocenters. The van der Waals surface area contributed by atoms with Crippen molar-refractivity contribution in [1.82, 2.24) is 5.32 Å². The number of sulfone groups is 1. The number of carbonyl (C=O) groups excluding carboxylic acids is 1. The van der Waals surface area contributed by atoms with Gasteiger partial charge in [-0.15, -0.1) is 0 Å². The van der Waals surface area contributed by atoms with Crippen LogP contribution in [0.2, 0.25) is 0 Å². The zero-order valence-electron chi connectivity index (χ0n) is 10.2. The van der Waals surface area contributed by atoms with Gasteiger partial charge in [0.1, 0.15) is 5.75 Å². The van der Waals surface area contributed by atoms with E-state index in [2.05, 4.69) is 10.6 Å². The van der Waals surface area contributed by atoms with E-state index in [9.17, 15) is 18.3 Å². The third-order valence-corrected chi connectivity index (χ3v) is 3.38. The topological polar surface area (TPSA) is 95.5 Å². The molecule has 6 nitrogen and oxygen atoms in total. The molecule has 0 heterocycles. The van der Waals surface area contributed by atoms with Gasteiger partial charge in [-0.05, 0) is 25.2 Å². The fourth-order valence-corrected chi connectivity index (χ4v) is 1.94. The molecule has 1 aromatic carbocycles. The lowest BCUT2D eigenvalue weighted by Gasteiger charge is -2.08. The van der Waals surface area contributed by atoms with Crippen molar-refractivity contribution >= 4 is 21.4 Å². The van der Waals surface area contributed by atoms with E-state index in [0.717, 1.165) is 6.26 Å². The van der Waals surface area contributed by atoms with E-state index in [1.807, 2.05) is 0 Å². The fraction of sp³-hybridized carbons (Fsp3) is 0.364. The normalized spacial score (nSPS) is 11.2. The Kier molecular flexibility index (Phi) is 4.69. The molecule has 18 heavy (non-hydrogen) atoms. The minimum absolute atomic E-state index is 0.0456. The minimum Gasteiger partial charge on any atom is -0.506 e. The first-order chi connectivity index (χ1) is 8.34. The monoisotopic (exact) mass is 272 g/mol. The summed E-state index contributed by atoms with van der Waals surface area (Å²) >= 11 is 0. The zero-order chi connectivity index (χ0) is 13.8. The largest absolute Gasteiger partial charge is 0.506 e. The van der Waals surface area contributed by atoms with Gasteiger partial charge in [-0.1, -0.05) is 0 Å². The van der Waals surface area contributed by atoms with Crippen molar-refractivity contribution in [3.63, 3.8) is 0 Å². The Morgan fingerprint density at radius 1 is 1.39 bits per heavy atom. The zero-order valence-corrected chi connectivity index (χ0v) is 11.0. The summed E-state index contributed by atoms with van der Waals surface area (Å²) in [5.74, 6) is -0.467. The van der Waals surface area contributed by atoms with Crippen molar-refractivity contribution in [2.24, 2.45) is 0 Å². The average molecular weight is 272 g/mol. The molecule has 0 atom stereocenters. The molecule has 3 N–H and O–H groups in total. The Hall–Kier alpha value is -1.60. The smallest absolute Gasteiger partial charge is 0.225 e.